The molecule has 2 aliphatic rings. The molecule has 0 saturated carbocycles. The van der Waals surface area contributed by atoms with E-state index in [-0.39, 0.29) is 1.43 Å². The second kappa shape index (κ2) is 5.56. The summed E-state index contributed by atoms with van der Waals surface area (Å²) in [5, 5.41) is 3.47. The van der Waals surface area contributed by atoms with Gasteiger partial charge in [-0.2, -0.15) is 0 Å². The Kier molecular flexibility index (Phi) is 3.78. The first kappa shape index (κ1) is 13.6. The molecule has 1 N–H and O–H groups in total. The quantitative estimate of drug-likeness (QED) is 0.896. The number of aryl methyl sites for hydroxylation is 1. The first-order valence-corrected chi connectivity index (χ1v) is 7.71. The zero-order chi connectivity index (χ0) is 14.1. The molecule has 1 atom stereocenters. The van der Waals surface area contributed by atoms with E-state index in [0.717, 1.165) is 62.2 Å². The van der Waals surface area contributed by atoms with E-state index in [0.29, 0.717) is 12.0 Å². The van der Waals surface area contributed by atoms with Crippen LogP contribution in [-0.4, -0.2) is 42.3 Å². The van der Waals surface area contributed by atoms with E-state index in [4.69, 9.17) is 14.7 Å². The lowest BCUT2D eigenvalue weighted by atomic mass is 10.1. The van der Waals surface area contributed by atoms with Crippen LogP contribution in [-0.2, 0) is 6.42 Å². The molecule has 1 aromatic rings. The van der Waals surface area contributed by atoms with Gasteiger partial charge in [-0.05, 0) is 6.42 Å². The lowest BCUT2D eigenvalue weighted by Crippen LogP contribution is -2.51. The lowest BCUT2D eigenvalue weighted by molar-refractivity contribution is 0.300. The number of aromatic nitrogens is 2. The average Bonchev–Trinajstić information content (AvgIpc) is 2.65. The molecule has 0 radical (unpaired) electrons. The summed E-state index contributed by atoms with van der Waals surface area (Å²) >= 11 is 0. The highest BCUT2D eigenvalue weighted by Gasteiger charge is 2.31. The third kappa shape index (κ3) is 2.35. The summed E-state index contributed by atoms with van der Waals surface area (Å²) in [7, 11) is 0. The Hall–Kier alpha value is -1.36. The Morgan fingerprint density at radius 3 is 3.05 bits per heavy atom. The summed E-state index contributed by atoms with van der Waals surface area (Å²) in [5.74, 6) is 3.21. The van der Waals surface area contributed by atoms with Crippen molar-refractivity contribution in [3.63, 3.8) is 0 Å². The Morgan fingerprint density at radius 1 is 1.45 bits per heavy atom. The van der Waals surface area contributed by atoms with Crippen molar-refractivity contribution in [1.29, 1.82) is 0 Å². The molecule has 2 aliphatic heterocycles. The predicted octanol–water partition coefficient (Wildman–Crippen LogP) is 1.97. The molecule has 1 aromatic heterocycles. The number of hydrogen-bond donors (Lipinski definition) is 1. The van der Waals surface area contributed by atoms with Crippen molar-refractivity contribution in [3.8, 4) is 5.75 Å². The molecule has 1 unspecified atom stereocenters. The van der Waals surface area contributed by atoms with Crippen LogP contribution < -0.4 is 15.0 Å². The van der Waals surface area contributed by atoms with Gasteiger partial charge in [-0.25, -0.2) is 9.97 Å². The number of fused-ring (bicyclic) bond motifs is 3. The molecule has 20 heavy (non-hydrogen) atoms. The van der Waals surface area contributed by atoms with Gasteiger partial charge in [-0.15, -0.1) is 0 Å². The monoisotopic (exact) mass is 278 g/mol. The van der Waals surface area contributed by atoms with E-state index in [2.05, 4.69) is 31.0 Å². The van der Waals surface area contributed by atoms with Gasteiger partial charge in [0.05, 0.1) is 12.3 Å². The number of anilines is 1. The van der Waals surface area contributed by atoms with Gasteiger partial charge in [-0.1, -0.05) is 20.8 Å². The summed E-state index contributed by atoms with van der Waals surface area (Å²) < 4.78 is 6.00. The second-order valence-electron chi connectivity index (χ2n) is 5.88. The average molecular weight is 278 g/mol. The molecule has 1 saturated heterocycles. The molecule has 3 rings (SSSR count). The fraction of sp³-hybridized carbons (Fsp3) is 0.733. The van der Waals surface area contributed by atoms with Crippen molar-refractivity contribution in [2.24, 2.45) is 0 Å². The maximum absolute atomic E-state index is 6.00. The third-order valence-electron chi connectivity index (χ3n) is 4.11. The van der Waals surface area contributed by atoms with E-state index >= 15 is 0 Å². The van der Waals surface area contributed by atoms with Crippen molar-refractivity contribution < 1.29 is 6.16 Å². The van der Waals surface area contributed by atoms with E-state index in [1.165, 1.54) is 0 Å². The van der Waals surface area contributed by atoms with Crippen molar-refractivity contribution >= 4 is 5.82 Å². The Labute approximate surface area is 122 Å². The largest absolute Gasteiger partial charge is 0.488 e. The second-order valence-corrected chi connectivity index (χ2v) is 5.88. The van der Waals surface area contributed by atoms with Gasteiger partial charge in [0.25, 0.3) is 0 Å². The van der Waals surface area contributed by atoms with Crippen LogP contribution in [0.25, 0.3) is 0 Å². The summed E-state index contributed by atoms with van der Waals surface area (Å²) in [5.41, 5.74) is 1.05. The number of rotatable bonds is 2. The normalized spacial score (nSPS) is 22.0. The number of nitrogens with zero attached hydrogens (tertiary/aromatic N) is 3. The zero-order valence-electron chi connectivity index (χ0n) is 12.6. The summed E-state index contributed by atoms with van der Waals surface area (Å²) in [6, 6.07) is 0.490. The molecule has 0 bridgehead atoms. The summed E-state index contributed by atoms with van der Waals surface area (Å²) in [4.78, 5) is 12.0. The number of piperazine rings is 1. The highest BCUT2D eigenvalue weighted by atomic mass is 16.5. The van der Waals surface area contributed by atoms with E-state index < -0.39 is 0 Å². The van der Waals surface area contributed by atoms with Crippen LogP contribution in [0.5, 0.6) is 5.75 Å². The first-order valence-electron chi connectivity index (χ1n) is 7.71. The number of ether oxygens (including phenoxy) is 1. The van der Waals surface area contributed by atoms with E-state index in [1.54, 1.807) is 0 Å². The summed E-state index contributed by atoms with van der Waals surface area (Å²) in [6.45, 7) is 10.2. The molecule has 0 spiro atoms. The molecular weight excluding hydrogens is 252 g/mol. The highest BCUT2D eigenvalue weighted by molar-refractivity contribution is 5.57. The number of nitrogens with one attached hydrogen (secondary N) is 1. The SMILES string of the molecule is CCc1nc(C(C)C)nc2c1OCCC1CNCCN21.[HH]. The minimum Gasteiger partial charge on any atom is -0.488 e. The predicted molar refractivity (Wildman–Crippen MR) is 81.7 cm³/mol. The van der Waals surface area contributed by atoms with Crippen molar-refractivity contribution in [2.45, 2.75) is 45.6 Å². The smallest absolute Gasteiger partial charge is 0.183 e. The third-order valence-corrected chi connectivity index (χ3v) is 4.11. The lowest BCUT2D eigenvalue weighted by Gasteiger charge is -2.36. The topological polar surface area (TPSA) is 50.3 Å². The molecule has 1 fully saturated rings. The Bertz CT molecular complexity index is 495. The van der Waals surface area contributed by atoms with E-state index in [1.807, 2.05) is 0 Å². The maximum atomic E-state index is 6.00. The molecule has 5 heteroatoms. The molecular formula is C15H26N4O. The molecule has 0 aliphatic carbocycles. The molecule has 112 valence electrons. The van der Waals surface area contributed by atoms with Crippen LogP contribution in [0.4, 0.5) is 5.82 Å². The van der Waals surface area contributed by atoms with Crippen LogP contribution in [0.15, 0.2) is 0 Å². The minimum absolute atomic E-state index is 0. The van der Waals surface area contributed by atoms with Crippen LogP contribution in [0.1, 0.15) is 46.1 Å². The van der Waals surface area contributed by atoms with Crippen molar-refractivity contribution in [2.75, 3.05) is 31.1 Å². The van der Waals surface area contributed by atoms with Gasteiger partial charge in [0.15, 0.2) is 11.6 Å². The minimum atomic E-state index is 0. The summed E-state index contributed by atoms with van der Waals surface area (Å²) in [6.07, 6.45) is 1.94. The Balaban J connectivity index is 0.00000161. The van der Waals surface area contributed by atoms with Gasteiger partial charge in [0.1, 0.15) is 5.82 Å². The van der Waals surface area contributed by atoms with Gasteiger partial charge >= 0.3 is 0 Å². The van der Waals surface area contributed by atoms with Crippen molar-refractivity contribution in [1.82, 2.24) is 15.3 Å². The highest BCUT2D eigenvalue weighted by Crippen LogP contribution is 2.35. The first-order chi connectivity index (χ1) is 9.70. The van der Waals surface area contributed by atoms with Crippen molar-refractivity contribution in [3.05, 3.63) is 11.5 Å². The standard InChI is InChI=1S/C15H24N4O.H2/c1-4-12-13-15(18-14(17-12)10(2)3)19-7-6-16-9-11(19)5-8-20-13;/h10-11,16H,4-9H2,1-3H3;1H. The fourth-order valence-corrected chi connectivity index (χ4v) is 2.94. The molecule has 5 nitrogen and oxygen atoms in total. The van der Waals surface area contributed by atoms with Crippen LogP contribution >= 0.6 is 0 Å². The zero-order valence-corrected chi connectivity index (χ0v) is 12.6. The number of hydrogen-bond acceptors (Lipinski definition) is 5. The van der Waals surface area contributed by atoms with Crippen LogP contribution in [0.3, 0.4) is 0 Å². The molecule has 0 amide bonds. The molecule has 3 heterocycles. The van der Waals surface area contributed by atoms with Crippen LogP contribution in [0.2, 0.25) is 0 Å². The Morgan fingerprint density at radius 2 is 2.30 bits per heavy atom. The van der Waals surface area contributed by atoms with Gasteiger partial charge < -0.3 is 15.0 Å². The van der Waals surface area contributed by atoms with Crippen LogP contribution in [0, 0.1) is 0 Å². The van der Waals surface area contributed by atoms with Gasteiger partial charge in [0.2, 0.25) is 0 Å². The molecule has 0 aromatic carbocycles. The fourth-order valence-electron chi connectivity index (χ4n) is 2.94. The van der Waals surface area contributed by atoms with Gasteiger partial charge in [-0.3, -0.25) is 0 Å². The van der Waals surface area contributed by atoms with E-state index in [9.17, 15) is 0 Å². The maximum Gasteiger partial charge on any atom is 0.183 e. The van der Waals surface area contributed by atoms with Gasteiger partial charge in [0, 0.05) is 39.4 Å².